The van der Waals surface area contributed by atoms with Gasteiger partial charge in [-0.1, -0.05) is 0 Å². The maximum atomic E-state index is 11.0. The van der Waals surface area contributed by atoms with E-state index in [0.29, 0.717) is 12.2 Å². The lowest BCUT2D eigenvalue weighted by molar-refractivity contribution is 0.0696. The summed E-state index contributed by atoms with van der Waals surface area (Å²) in [7, 11) is 1.58. The van der Waals surface area contributed by atoms with Crippen LogP contribution in [-0.2, 0) is 6.42 Å². The molecule has 4 nitrogen and oxygen atoms in total. The lowest BCUT2D eigenvalue weighted by atomic mass is 10.0. The number of aromatic nitrogens is 1. The Balaban J connectivity index is 2.35. The van der Waals surface area contributed by atoms with Gasteiger partial charge in [-0.15, -0.1) is 0 Å². The summed E-state index contributed by atoms with van der Waals surface area (Å²) in [6.45, 7) is 0. The first-order valence-electron chi connectivity index (χ1n) is 5.50. The van der Waals surface area contributed by atoms with E-state index in [0.717, 1.165) is 11.1 Å². The zero-order valence-corrected chi connectivity index (χ0v) is 9.96. The van der Waals surface area contributed by atoms with Crippen LogP contribution in [0.15, 0.2) is 42.7 Å². The van der Waals surface area contributed by atoms with Gasteiger partial charge in [0, 0.05) is 18.8 Å². The Morgan fingerprint density at radius 2 is 2.00 bits per heavy atom. The van der Waals surface area contributed by atoms with Crippen molar-refractivity contribution in [3.05, 3.63) is 59.4 Å². The van der Waals surface area contributed by atoms with Gasteiger partial charge in [0.2, 0.25) is 0 Å². The molecule has 0 aliphatic heterocycles. The number of ether oxygens (including phenoxy) is 1. The second-order valence-electron chi connectivity index (χ2n) is 3.86. The lowest BCUT2D eigenvalue weighted by Crippen LogP contribution is -2.00. The Morgan fingerprint density at radius 3 is 2.61 bits per heavy atom. The highest BCUT2D eigenvalue weighted by molar-refractivity contribution is 5.88. The Kier molecular flexibility index (Phi) is 3.57. The number of pyridine rings is 1. The highest BCUT2D eigenvalue weighted by Crippen LogP contribution is 2.22. The van der Waals surface area contributed by atoms with Crippen molar-refractivity contribution in [3.63, 3.8) is 0 Å². The molecule has 0 bridgehead atoms. The van der Waals surface area contributed by atoms with Crippen molar-refractivity contribution < 1.29 is 14.6 Å². The fourth-order valence-corrected chi connectivity index (χ4v) is 1.77. The molecule has 0 saturated heterocycles. The van der Waals surface area contributed by atoms with Gasteiger partial charge in [0.15, 0.2) is 0 Å². The predicted octanol–water partition coefficient (Wildman–Crippen LogP) is 2.38. The van der Waals surface area contributed by atoms with Crippen molar-refractivity contribution in [2.24, 2.45) is 0 Å². The van der Waals surface area contributed by atoms with Gasteiger partial charge in [0.1, 0.15) is 5.75 Å². The van der Waals surface area contributed by atoms with E-state index in [4.69, 9.17) is 9.84 Å². The second-order valence-corrected chi connectivity index (χ2v) is 3.86. The molecule has 0 spiro atoms. The van der Waals surface area contributed by atoms with E-state index in [1.54, 1.807) is 31.6 Å². The molecule has 0 fully saturated rings. The van der Waals surface area contributed by atoms with Crippen molar-refractivity contribution in [2.75, 3.05) is 7.11 Å². The van der Waals surface area contributed by atoms with Gasteiger partial charge in [-0.2, -0.15) is 0 Å². The average Bonchev–Trinajstić information content (AvgIpc) is 2.39. The average molecular weight is 243 g/mol. The second kappa shape index (κ2) is 5.31. The van der Waals surface area contributed by atoms with E-state index in [1.807, 2.05) is 12.1 Å². The van der Waals surface area contributed by atoms with Crippen LogP contribution in [0.2, 0.25) is 0 Å². The number of rotatable bonds is 4. The summed E-state index contributed by atoms with van der Waals surface area (Å²) in [4.78, 5) is 14.9. The van der Waals surface area contributed by atoms with E-state index in [-0.39, 0.29) is 5.56 Å². The fourth-order valence-electron chi connectivity index (χ4n) is 1.77. The van der Waals surface area contributed by atoms with Gasteiger partial charge >= 0.3 is 5.97 Å². The molecule has 1 aromatic heterocycles. The molecule has 2 aromatic rings. The molecule has 0 atom stereocenters. The Bertz CT molecular complexity index is 552. The highest BCUT2D eigenvalue weighted by atomic mass is 16.5. The molecule has 0 aliphatic rings. The third kappa shape index (κ3) is 2.66. The van der Waals surface area contributed by atoms with Gasteiger partial charge in [0.25, 0.3) is 0 Å². The number of carboxylic acids is 1. The molecule has 0 aliphatic carbocycles. The summed E-state index contributed by atoms with van der Waals surface area (Å²) in [6, 6.07) is 8.65. The third-order valence-corrected chi connectivity index (χ3v) is 2.67. The summed E-state index contributed by atoms with van der Waals surface area (Å²) < 4.78 is 5.24. The summed E-state index contributed by atoms with van der Waals surface area (Å²) in [5.41, 5.74) is 2.18. The SMILES string of the molecule is COc1ccc(C(=O)O)cc1Cc1ccncc1. The molecule has 1 N–H and O–H groups in total. The van der Waals surface area contributed by atoms with Crippen LogP contribution in [0.3, 0.4) is 0 Å². The molecule has 0 radical (unpaired) electrons. The molecule has 0 unspecified atom stereocenters. The monoisotopic (exact) mass is 243 g/mol. The first-order chi connectivity index (χ1) is 8.70. The quantitative estimate of drug-likeness (QED) is 0.895. The molecule has 18 heavy (non-hydrogen) atoms. The number of methoxy groups -OCH3 is 1. The third-order valence-electron chi connectivity index (χ3n) is 2.67. The number of benzene rings is 1. The van der Waals surface area contributed by atoms with E-state index in [9.17, 15) is 4.79 Å². The van der Waals surface area contributed by atoms with Crippen molar-refractivity contribution in [3.8, 4) is 5.75 Å². The minimum absolute atomic E-state index is 0.264. The number of nitrogens with zero attached hydrogens (tertiary/aromatic N) is 1. The van der Waals surface area contributed by atoms with Crippen LogP contribution in [0.4, 0.5) is 0 Å². The molecule has 92 valence electrons. The number of carboxylic acid groups (broad SMARTS) is 1. The minimum Gasteiger partial charge on any atom is -0.496 e. The molecule has 1 heterocycles. The number of hydrogen-bond acceptors (Lipinski definition) is 3. The summed E-state index contributed by atoms with van der Waals surface area (Å²) >= 11 is 0. The van der Waals surface area contributed by atoms with Gasteiger partial charge in [0.05, 0.1) is 12.7 Å². The van der Waals surface area contributed by atoms with Crippen LogP contribution in [-0.4, -0.2) is 23.2 Å². The van der Waals surface area contributed by atoms with Crippen LogP contribution in [0, 0.1) is 0 Å². The molecule has 1 aromatic carbocycles. The lowest BCUT2D eigenvalue weighted by Gasteiger charge is -2.09. The maximum Gasteiger partial charge on any atom is 0.335 e. The Hall–Kier alpha value is -2.36. The Morgan fingerprint density at radius 1 is 1.28 bits per heavy atom. The van der Waals surface area contributed by atoms with E-state index >= 15 is 0 Å². The zero-order chi connectivity index (χ0) is 13.0. The largest absolute Gasteiger partial charge is 0.496 e. The molecule has 0 amide bonds. The van der Waals surface area contributed by atoms with Gasteiger partial charge < -0.3 is 9.84 Å². The van der Waals surface area contributed by atoms with E-state index in [2.05, 4.69) is 4.98 Å². The zero-order valence-electron chi connectivity index (χ0n) is 9.96. The molecule has 4 heteroatoms. The molecule has 0 saturated carbocycles. The first-order valence-corrected chi connectivity index (χ1v) is 5.50. The normalized spacial score (nSPS) is 10.1. The summed E-state index contributed by atoms with van der Waals surface area (Å²) in [5.74, 6) is -0.245. The maximum absolute atomic E-state index is 11.0. The number of aromatic carboxylic acids is 1. The van der Waals surface area contributed by atoms with Crippen molar-refractivity contribution >= 4 is 5.97 Å². The van der Waals surface area contributed by atoms with E-state index in [1.165, 1.54) is 6.07 Å². The van der Waals surface area contributed by atoms with Crippen molar-refractivity contribution in [1.82, 2.24) is 4.98 Å². The van der Waals surface area contributed by atoms with E-state index < -0.39 is 5.97 Å². The van der Waals surface area contributed by atoms with Gasteiger partial charge in [-0.05, 0) is 41.5 Å². The standard InChI is InChI=1S/C14H13NO3/c1-18-13-3-2-11(14(16)17)9-12(13)8-10-4-6-15-7-5-10/h2-7,9H,8H2,1H3,(H,16,17). The molecular formula is C14H13NO3. The van der Waals surface area contributed by atoms with Crippen molar-refractivity contribution in [1.29, 1.82) is 0 Å². The molecular weight excluding hydrogens is 230 g/mol. The van der Waals surface area contributed by atoms with Crippen molar-refractivity contribution in [2.45, 2.75) is 6.42 Å². The van der Waals surface area contributed by atoms with Crippen LogP contribution in [0.25, 0.3) is 0 Å². The molecule has 2 rings (SSSR count). The Labute approximate surface area is 105 Å². The fraction of sp³-hybridized carbons (Fsp3) is 0.143. The summed E-state index contributed by atoms with van der Waals surface area (Å²) in [6.07, 6.45) is 4.04. The van der Waals surface area contributed by atoms with Gasteiger partial charge in [-0.3, -0.25) is 4.98 Å². The van der Waals surface area contributed by atoms with Crippen LogP contribution in [0.5, 0.6) is 5.75 Å². The highest BCUT2D eigenvalue weighted by Gasteiger charge is 2.09. The smallest absolute Gasteiger partial charge is 0.335 e. The van der Waals surface area contributed by atoms with Crippen LogP contribution in [0.1, 0.15) is 21.5 Å². The first kappa shape index (κ1) is 12.1. The van der Waals surface area contributed by atoms with Crippen LogP contribution >= 0.6 is 0 Å². The predicted molar refractivity (Wildman–Crippen MR) is 67.0 cm³/mol. The minimum atomic E-state index is -0.936. The summed E-state index contributed by atoms with van der Waals surface area (Å²) in [5, 5.41) is 8.99. The van der Waals surface area contributed by atoms with Gasteiger partial charge in [-0.25, -0.2) is 4.79 Å². The number of hydrogen-bond donors (Lipinski definition) is 1. The van der Waals surface area contributed by atoms with Crippen LogP contribution < -0.4 is 4.74 Å². The number of carbonyl (C=O) groups is 1. The topological polar surface area (TPSA) is 59.4 Å².